The zero-order valence-electron chi connectivity index (χ0n) is 4.72. The van der Waals surface area contributed by atoms with Crippen LogP contribution in [0.25, 0.3) is 0 Å². The molecule has 1 fully saturated rings. The van der Waals surface area contributed by atoms with Crippen LogP contribution in [0, 0.1) is 0 Å². The van der Waals surface area contributed by atoms with Gasteiger partial charge in [0.15, 0.2) is 0 Å². The highest BCUT2D eigenvalue weighted by Crippen LogP contribution is 2.34. The van der Waals surface area contributed by atoms with Crippen molar-refractivity contribution >= 4 is 0 Å². The van der Waals surface area contributed by atoms with Crippen molar-refractivity contribution in [3.63, 3.8) is 0 Å². The first-order chi connectivity index (χ1) is 4.01. The molecule has 0 saturated heterocycles. The van der Waals surface area contributed by atoms with Gasteiger partial charge in [0.1, 0.15) is 0 Å². The van der Waals surface area contributed by atoms with Crippen molar-refractivity contribution in [1.82, 2.24) is 0 Å². The summed E-state index contributed by atoms with van der Waals surface area (Å²) in [6.07, 6.45) is -3.68. The minimum atomic E-state index is -2.86. The fourth-order valence-electron chi connectivity index (χ4n) is 0.967. The lowest BCUT2D eigenvalue weighted by molar-refractivity contribution is -0.00550. The summed E-state index contributed by atoms with van der Waals surface area (Å²) in [5.41, 5.74) is 0. The SMILES string of the molecule is OC1CC(F)(F)CC1O. The second-order valence-electron chi connectivity index (χ2n) is 2.40. The third-order valence-electron chi connectivity index (χ3n) is 1.46. The third kappa shape index (κ3) is 1.37. The van der Waals surface area contributed by atoms with Gasteiger partial charge in [-0.2, -0.15) is 0 Å². The van der Waals surface area contributed by atoms with E-state index in [0.29, 0.717) is 0 Å². The number of halogens is 2. The van der Waals surface area contributed by atoms with Crippen molar-refractivity contribution in [3.8, 4) is 0 Å². The molecule has 0 amide bonds. The summed E-state index contributed by atoms with van der Waals surface area (Å²) >= 11 is 0. The molecule has 2 nitrogen and oxygen atoms in total. The first kappa shape index (κ1) is 6.89. The van der Waals surface area contributed by atoms with Crippen LogP contribution in [0.4, 0.5) is 8.78 Å². The highest BCUT2D eigenvalue weighted by molar-refractivity contribution is 4.87. The second kappa shape index (κ2) is 1.88. The number of hydrogen-bond donors (Lipinski definition) is 2. The van der Waals surface area contributed by atoms with E-state index < -0.39 is 31.0 Å². The quantitative estimate of drug-likeness (QED) is 0.499. The molecular weight excluding hydrogens is 130 g/mol. The van der Waals surface area contributed by atoms with E-state index in [1.807, 2.05) is 0 Å². The summed E-state index contributed by atoms with van der Waals surface area (Å²) < 4.78 is 24.3. The first-order valence-electron chi connectivity index (χ1n) is 2.75. The molecular formula is C5H8F2O2. The lowest BCUT2D eigenvalue weighted by Crippen LogP contribution is -2.17. The van der Waals surface area contributed by atoms with Gasteiger partial charge < -0.3 is 10.2 Å². The lowest BCUT2D eigenvalue weighted by atomic mass is 10.3. The summed E-state index contributed by atoms with van der Waals surface area (Å²) in [5, 5.41) is 17.2. The van der Waals surface area contributed by atoms with Crippen LogP contribution >= 0.6 is 0 Å². The van der Waals surface area contributed by atoms with E-state index in [9.17, 15) is 8.78 Å². The summed E-state index contributed by atoms with van der Waals surface area (Å²) in [5.74, 6) is -2.86. The zero-order valence-corrected chi connectivity index (χ0v) is 4.72. The van der Waals surface area contributed by atoms with Gasteiger partial charge in [-0.05, 0) is 0 Å². The van der Waals surface area contributed by atoms with Gasteiger partial charge >= 0.3 is 0 Å². The van der Waals surface area contributed by atoms with Crippen LogP contribution in [0.5, 0.6) is 0 Å². The molecule has 0 aromatic rings. The van der Waals surface area contributed by atoms with Crippen LogP contribution in [0.2, 0.25) is 0 Å². The van der Waals surface area contributed by atoms with E-state index in [-0.39, 0.29) is 0 Å². The minimum Gasteiger partial charge on any atom is -0.390 e. The molecule has 1 aliphatic carbocycles. The molecule has 0 heterocycles. The standard InChI is InChI=1S/C5H8F2O2/c6-5(7)1-3(8)4(9)2-5/h3-4,8-9H,1-2H2. The average Bonchev–Trinajstić information content (AvgIpc) is 1.79. The van der Waals surface area contributed by atoms with Crippen molar-refractivity contribution in [2.45, 2.75) is 31.0 Å². The fourth-order valence-corrected chi connectivity index (χ4v) is 0.967. The Morgan fingerprint density at radius 2 is 1.44 bits per heavy atom. The Morgan fingerprint density at radius 1 is 1.11 bits per heavy atom. The molecule has 0 bridgehead atoms. The van der Waals surface area contributed by atoms with Gasteiger partial charge in [-0.1, -0.05) is 0 Å². The summed E-state index contributed by atoms with van der Waals surface area (Å²) in [7, 11) is 0. The van der Waals surface area contributed by atoms with Crippen molar-refractivity contribution in [2.75, 3.05) is 0 Å². The highest BCUT2D eigenvalue weighted by atomic mass is 19.3. The van der Waals surface area contributed by atoms with Gasteiger partial charge in [0.25, 0.3) is 5.92 Å². The molecule has 2 N–H and O–H groups in total. The molecule has 2 atom stereocenters. The van der Waals surface area contributed by atoms with Gasteiger partial charge in [-0.3, -0.25) is 0 Å². The van der Waals surface area contributed by atoms with Crippen LogP contribution in [-0.2, 0) is 0 Å². The van der Waals surface area contributed by atoms with Crippen molar-refractivity contribution in [2.24, 2.45) is 0 Å². The first-order valence-corrected chi connectivity index (χ1v) is 2.75. The predicted molar refractivity (Wildman–Crippen MR) is 26.2 cm³/mol. The fraction of sp³-hybridized carbons (Fsp3) is 1.00. The summed E-state index contributed by atoms with van der Waals surface area (Å²) in [4.78, 5) is 0. The van der Waals surface area contributed by atoms with Gasteiger partial charge in [0.2, 0.25) is 0 Å². The van der Waals surface area contributed by atoms with E-state index >= 15 is 0 Å². The molecule has 2 unspecified atom stereocenters. The Balaban J connectivity index is 2.54. The molecule has 4 heteroatoms. The Labute approximate surface area is 51.1 Å². The Bertz CT molecular complexity index is 104. The molecule has 1 saturated carbocycles. The van der Waals surface area contributed by atoms with E-state index in [2.05, 4.69) is 0 Å². The number of alkyl halides is 2. The molecule has 0 aromatic heterocycles. The molecule has 1 rings (SSSR count). The molecule has 0 aliphatic heterocycles. The molecule has 1 aliphatic rings. The van der Waals surface area contributed by atoms with E-state index in [1.54, 1.807) is 0 Å². The van der Waals surface area contributed by atoms with E-state index in [1.165, 1.54) is 0 Å². The Morgan fingerprint density at radius 3 is 1.56 bits per heavy atom. The smallest absolute Gasteiger partial charge is 0.253 e. The maximum absolute atomic E-state index is 12.1. The summed E-state index contributed by atoms with van der Waals surface area (Å²) in [6, 6.07) is 0. The minimum absolute atomic E-state index is 0.603. The number of aliphatic hydroxyl groups excluding tert-OH is 2. The number of rotatable bonds is 0. The van der Waals surface area contributed by atoms with Crippen LogP contribution in [0.3, 0.4) is 0 Å². The predicted octanol–water partition coefficient (Wildman–Crippen LogP) is 0.137. The highest BCUT2D eigenvalue weighted by Gasteiger charge is 2.44. The van der Waals surface area contributed by atoms with Gasteiger partial charge in [-0.25, -0.2) is 8.78 Å². The lowest BCUT2D eigenvalue weighted by Gasteiger charge is -2.03. The van der Waals surface area contributed by atoms with E-state index in [0.717, 1.165) is 0 Å². The van der Waals surface area contributed by atoms with Gasteiger partial charge in [0, 0.05) is 12.8 Å². The van der Waals surface area contributed by atoms with Crippen LogP contribution in [0.1, 0.15) is 12.8 Å². The maximum Gasteiger partial charge on any atom is 0.253 e. The van der Waals surface area contributed by atoms with Crippen molar-refractivity contribution < 1.29 is 19.0 Å². The number of hydrogen-bond acceptors (Lipinski definition) is 2. The molecule has 0 spiro atoms. The van der Waals surface area contributed by atoms with Gasteiger partial charge in [0.05, 0.1) is 12.2 Å². The van der Waals surface area contributed by atoms with Crippen molar-refractivity contribution in [3.05, 3.63) is 0 Å². The average molecular weight is 138 g/mol. The largest absolute Gasteiger partial charge is 0.390 e. The molecule has 9 heavy (non-hydrogen) atoms. The molecule has 0 aromatic carbocycles. The molecule has 54 valence electrons. The zero-order chi connectivity index (χ0) is 7.07. The maximum atomic E-state index is 12.1. The normalized spacial score (nSPS) is 41.3. The van der Waals surface area contributed by atoms with Crippen LogP contribution < -0.4 is 0 Å². The van der Waals surface area contributed by atoms with E-state index in [4.69, 9.17) is 10.2 Å². The molecule has 0 radical (unpaired) electrons. The van der Waals surface area contributed by atoms with Crippen LogP contribution in [-0.4, -0.2) is 28.3 Å². The monoisotopic (exact) mass is 138 g/mol. The van der Waals surface area contributed by atoms with Crippen LogP contribution in [0.15, 0.2) is 0 Å². The number of aliphatic hydroxyl groups is 2. The summed E-state index contributed by atoms with van der Waals surface area (Å²) in [6.45, 7) is 0. The van der Waals surface area contributed by atoms with Gasteiger partial charge in [-0.15, -0.1) is 0 Å². The van der Waals surface area contributed by atoms with Crippen molar-refractivity contribution in [1.29, 1.82) is 0 Å². The third-order valence-corrected chi connectivity index (χ3v) is 1.46. The topological polar surface area (TPSA) is 40.5 Å². The Kier molecular flexibility index (Phi) is 1.44. The Hall–Kier alpha value is -0.220. The second-order valence-corrected chi connectivity index (χ2v) is 2.40.